The van der Waals surface area contributed by atoms with Gasteiger partial charge in [-0.05, 0) is 19.4 Å². The molecule has 0 amide bonds. The highest BCUT2D eigenvalue weighted by Crippen LogP contribution is 1.97. The zero-order chi connectivity index (χ0) is 8.53. The van der Waals surface area contributed by atoms with E-state index >= 15 is 0 Å². The SMILES string of the molecule is C/C=C(\C=C/CCCC)NC. The summed E-state index contributed by atoms with van der Waals surface area (Å²) < 4.78 is 0. The van der Waals surface area contributed by atoms with Crippen molar-refractivity contribution in [3.05, 3.63) is 23.9 Å². The minimum absolute atomic E-state index is 1.19. The van der Waals surface area contributed by atoms with Crippen LogP contribution in [-0.2, 0) is 0 Å². The topological polar surface area (TPSA) is 12.0 Å². The molecule has 0 radical (unpaired) electrons. The summed E-state index contributed by atoms with van der Waals surface area (Å²) in [7, 11) is 1.94. The Morgan fingerprint density at radius 2 is 2.18 bits per heavy atom. The monoisotopic (exact) mass is 153 g/mol. The molecule has 0 aliphatic heterocycles. The Morgan fingerprint density at radius 3 is 2.64 bits per heavy atom. The van der Waals surface area contributed by atoms with E-state index in [1.54, 1.807) is 0 Å². The van der Waals surface area contributed by atoms with Crippen molar-refractivity contribution in [2.45, 2.75) is 33.1 Å². The van der Waals surface area contributed by atoms with Crippen LogP contribution in [0.15, 0.2) is 23.9 Å². The zero-order valence-corrected chi connectivity index (χ0v) is 7.85. The predicted octanol–water partition coefficient (Wildman–Crippen LogP) is 2.86. The Bertz CT molecular complexity index is 134. The van der Waals surface area contributed by atoms with E-state index in [9.17, 15) is 0 Å². The summed E-state index contributed by atoms with van der Waals surface area (Å²) in [6.45, 7) is 4.25. The van der Waals surface area contributed by atoms with Crippen molar-refractivity contribution < 1.29 is 0 Å². The first-order valence-electron chi connectivity index (χ1n) is 4.35. The molecule has 0 aliphatic rings. The van der Waals surface area contributed by atoms with Crippen LogP contribution >= 0.6 is 0 Å². The molecule has 0 fully saturated rings. The molecule has 0 aromatic heterocycles. The Hall–Kier alpha value is -0.720. The first-order valence-corrected chi connectivity index (χ1v) is 4.35. The van der Waals surface area contributed by atoms with E-state index in [-0.39, 0.29) is 0 Å². The van der Waals surface area contributed by atoms with Crippen molar-refractivity contribution >= 4 is 0 Å². The second-order valence-electron chi connectivity index (χ2n) is 2.54. The normalized spacial score (nSPS) is 12.5. The highest BCUT2D eigenvalue weighted by Gasteiger charge is 1.82. The van der Waals surface area contributed by atoms with Gasteiger partial charge in [-0.3, -0.25) is 0 Å². The van der Waals surface area contributed by atoms with Crippen molar-refractivity contribution in [1.29, 1.82) is 0 Å². The largest absolute Gasteiger partial charge is 0.388 e. The molecule has 0 saturated heterocycles. The third-order valence-electron chi connectivity index (χ3n) is 1.62. The molecule has 0 heterocycles. The molecule has 0 atom stereocenters. The lowest BCUT2D eigenvalue weighted by molar-refractivity contribution is 0.813. The van der Waals surface area contributed by atoms with E-state index in [4.69, 9.17) is 0 Å². The van der Waals surface area contributed by atoms with Crippen LogP contribution in [0.4, 0.5) is 0 Å². The predicted molar refractivity (Wildman–Crippen MR) is 51.5 cm³/mol. The smallest absolute Gasteiger partial charge is 0.0290 e. The molecule has 1 heteroatoms. The molecule has 0 spiro atoms. The zero-order valence-electron chi connectivity index (χ0n) is 7.85. The highest BCUT2D eigenvalue weighted by molar-refractivity contribution is 5.14. The van der Waals surface area contributed by atoms with Crippen LogP contribution in [0.5, 0.6) is 0 Å². The molecule has 64 valence electrons. The quantitative estimate of drug-likeness (QED) is 0.473. The molecule has 0 unspecified atom stereocenters. The Balaban J connectivity index is 3.54. The lowest BCUT2D eigenvalue weighted by atomic mass is 10.2. The summed E-state index contributed by atoms with van der Waals surface area (Å²) in [5.41, 5.74) is 1.20. The van der Waals surface area contributed by atoms with Crippen LogP contribution in [0.1, 0.15) is 33.1 Å². The fraction of sp³-hybridized carbons (Fsp3) is 0.600. The third-order valence-corrected chi connectivity index (χ3v) is 1.62. The van der Waals surface area contributed by atoms with Crippen LogP contribution in [0, 0.1) is 0 Å². The molecule has 0 aromatic carbocycles. The number of hydrogen-bond acceptors (Lipinski definition) is 1. The molecule has 1 nitrogen and oxygen atoms in total. The van der Waals surface area contributed by atoms with Crippen molar-refractivity contribution in [2.75, 3.05) is 7.05 Å². The fourth-order valence-electron chi connectivity index (χ4n) is 0.856. The van der Waals surface area contributed by atoms with Crippen LogP contribution < -0.4 is 5.32 Å². The van der Waals surface area contributed by atoms with Crippen LogP contribution in [-0.4, -0.2) is 7.05 Å². The molecule has 0 aromatic rings. The Morgan fingerprint density at radius 1 is 1.45 bits per heavy atom. The van der Waals surface area contributed by atoms with Gasteiger partial charge in [0.1, 0.15) is 0 Å². The number of unbranched alkanes of at least 4 members (excludes halogenated alkanes) is 2. The van der Waals surface area contributed by atoms with Crippen molar-refractivity contribution in [3.63, 3.8) is 0 Å². The summed E-state index contributed by atoms with van der Waals surface area (Å²) in [6.07, 6.45) is 10.2. The molecule has 0 rings (SSSR count). The molecule has 1 N–H and O–H groups in total. The van der Waals surface area contributed by atoms with E-state index in [1.165, 1.54) is 25.0 Å². The standard InChI is InChI=1S/C10H19N/c1-4-6-7-8-9-10(5-2)11-3/h5,8-9,11H,4,6-7H2,1-3H3/b9-8-,10-5+. The minimum atomic E-state index is 1.19. The van der Waals surface area contributed by atoms with Gasteiger partial charge >= 0.3 is 0 Å². The van der Waals surface area contributed by atoms with Gasteiger partial charge in [-0.25, -0.2) is 0 Å². The maximum atomic E-state index is 3.10. The number of hydrogen-bond donors (Lipinski definition) is 1. The van der Waals surface area contributed by atoms with Gasteiger partial charge in [0.05, 0.1) is 0 Å². The van der Waals surface area contributed by atoms with Gasteiger partial charge < -0.3 is 5.32 Å². The van der Waals surface area contributed by atoms with E-state index < -0.39 is 0 Å². The molecular formula is C10H19N. The second kappa shape index (κ2) is 7.39. The van der Waals surface area contributed by atoms with Gasteiger partial charge in [0.2, 0.25) is 0 Å². The summed E-state index contributed by atoms with van der Waals surface area (Å²) >= 11 is 0. The van der Waals surface area contributed by atoms with Gasteiger partial charge in [0, 0.05) is 12.7 Å². The maximum Gasteiger partial charge on any atom is 0.0290 e. The van der Waals surface area contributed by atoms with E-state index in [0.29, 0.717) is 0 Å². The van der Waals surface area contributed by atoms with Gasteiger partial charge in [0.25, 0.3) is 0 Å². The van der Waals surface area contributed by atoms with Gasteiger partial charge in [-0.2, -0.15) is 0 Å². The van der Waals surface area contributed by atoms with Gasteiger partial charge in [-0.15, -0.1) is 0 Å². The van der Waals surface area contributed by atoms with E-state index in [2.05, 4.69) is 30.5 Å². The van der Waals surface area contributed by atoms with Gasteiger partial charge in [-0.1, -0.05) is 31.9 Å². The fourth-order valence-corrected chi connectivity index (χ4v) is 0.856. The average molecular weight is 153 g/mol. The molecule has 0 aliphatic carbocycles. The second-order valence-corrected chi connectivity index (χ2v) is 2.54. The highest BCUT2D eigenvalue weighted by atomic mass is 14.8. The first-order chi connectivity index (χ1) is 5.35. The average Bonchev–Trinajstić information content (AvgIpc) is 2.05. The van der Waals surface area contributed by atoms with E-state index in [0.717, 1.165) is 0 Å². The lowest BCUT2D eigenvalue weighted by Gasteiger charge is -1.97. The summed E-state index contributed by atoms with van der Waals surface area (Å²) in [5, 5.41) is 3.10. The van der Waals surface area contributed by atoms with Crippen LogP contribution in [0.3, 0.4) is 0 Å². The lowest BCUT2D eigenvalue weighted by Crippen LogP contribution is -2.01. The number of allylic oxidation sites excluding steroid dienone is 3. The third kappa shape index (κ3) is 5.71. The number of likely N-dealkylation sites (N-methyl/N-ethyl adjacent to an activating group) is 1. The van der Waals surface area contributed by atoms with Crippen LogP contribution in [0.2, 0.25) is 0 Å². The molecular weight excluding hydrogens is 134 g/mol. The maximum absolute atomic E-state index is 3.10. The van der Waals surface area contributed by atoms with Crippen molar-refractivity contribution in [2.24, 2.45) is 0 Å². The molecule has 0 saturated carbocycles. The van der Waals surface area contributed by atoms with Crippen LogP contribution in [0.25, 0.3) is 0 Å². The summed E-state index contributed by atoms with van der Waals surface area (Å²) in [5.74, 6) is 0. The number of nitrogens with one attached hydrogen (secondary N) is 1. The summed E-state index contributed by atoms with van der Waals surface area (Å²) in [4.78, 5) is 0. The molecule has 0 bridgehead atoms. The first kappa shape index (κ1) is 10.3. The summed E-state index contributed by atoms with van der Waals surface area (Å²) in [6, 6.07) is 0. The van der Waals surface area contributed by atoms with Gasteiger partial charge in [0.15, 0.2) is 0 Å². The Kier molecular flexibility index (Phi) is 6.90. The Labute approximate surface area is 70.2 Å². The van der Waals surface area contributed by atoms with E-state index in [1.807, 2.05) is 14.0 Å². The number of rotatable bonds is 5. The minimum Gasteiger partial charge on any atom is -0.388 e. The molecule has 11 heavy (non-hydrogen) atoms. The van der Waals surface area contributed by atoms with Crippen molar-refractivity contribution in [1.82, 2.24) is 5.32 Å². The van der Waals surface area contributed by atoms with Crippen molar-refractivity contribution in [3.8, 4) is 0 Å².